The van der Waals surface area contributed by atoms with Crippen molar-refractivity contribution in [2.24, 2.45) is 28.7 Å². The molecular weight excluding hydrogens is 892 g/mol. The molecule has 70 heavy (non-hydrogen) atoms. The summed E-state index contributed by atoms with van der Waals surface area (Å²) in [7, 11) is -0.599. The Morgan fingerprint density at radius 1 is 0.843 bits per heavy atom. The molecule has 2 saturated heterocycles. The standard InChI is InChI=1S/C51H75B2N7O10/c1-7-8-12-32-15-17-33(18-16-32)34-19-21-35(22-20-34)47(66)56-26-23-43(63)58-37(13-9-10-25-54)48(67)60-44(31(3)61)49(68)57-30(2)46(65)59-38(29-42(55)62)45(64)52-24-11-14-41(52)53-69-40-28-36-27-39(50(36,4)5)51(40,6)70-53/h15-22,30-31,36-41,44,61H,7-14,23-29,54H2,1-6H3,(H2,55,62)(H,56,66)(H,57,68)(H,58,63)(H,59,65)(H,60,67)/t30-,31?,36-,37-,38-,39-,40?,41+,44-,51-/m0/s1. The number of amides is 6. The van der Waals surface area contributed by atoms with Crippen LogP contribution in [0.5, 0.6) is 0 Å². The number of carbonyl (C=O) groups excluding carboxylic acids is 7. The Labute approximate surface area is 413 Å². The number of rotatable bonds is 25. The Morgan fingerprint density at radius 3 is 2.16 bits per heavy atom. The van der Waals surface area contributed by atoms with Crippen LogP contribution in [0.1, 0.15) is 128 Å². The number of benzene rings is 2. The fourth-order valence-corrected chi connectivity index (χ4v) is 11.2. The summed E-state index contributed by atoms with van der Waals surface area (Å²) < 4.78 is 13.3. The van der Waals surface area contributed by atoms with Gasteiger partial charge in [-0.1, -0.05) is 82.8 Å². The Kier molecular flexibility index (Phi) is 18.5. The predicted molar refractivity (Wildman–Crippen MR) is 268 cm³/mol. The molecule has 2 aromatic carbocycles. The van der Waals surface area contributed by atoms with Gasteiger partial charge >= 0.3 is 7.12 Å². The minimum absolute atomic E-state index is 0.0167. The summed E-state index contributed by atoms with van der Waals surface area (Å²) in [5.74, 6) is -3.26. The molecule has 2 bridgehead atoms. The number of hydrogen-bond donors (Lipinski definition) is 8. The van der Waals surface area contributed by atoms with E-state index >= 15 is 0 Å². The quantitative estimate of drug-likeness (QED) is 0.0529. The lowest BCUT2D eigenvalue weighted by Crippen LogP contribution is -2.65. The maximum Gasteiger partial charge on any atom is 0.453 e. The van der Waals surface area contributed by atoms with E-state index in [0.717, 1.165) is 49.7 Å². The molecule has 19 heteroatoms. The van der Waals surface area contributed by atoms with E-state index in [4.69, 9.17) is 20.8 Å². The van der Waals surface area contributed by atoms with Gasteiger partial charge in [0, 0.05) is 18.5 Å². The van der Waals surface area contributed by atoms with Crippen molar-refractivity contribution < 1.29 is 48.0 Å². The van der Waals surface area contributed by atoms with Crippen molar-refractivity contribution in [2.75, 3.05) is 13.1 Å². The van der Waals surface area contributed by atoms with Gasteiger partial charge in [-0.3, -0.25) is 28.8 Å². The summed E-state index contributed by atoms with van der Waals surface area (Å²) >= 11 is 0. The van der Waals surface area contributed by atoms with Crippen molar-refractivity contribution >= 4 is 55.0 Å². The van der Waals surface area contributed by atoms with Crippen LogP contribution in [0.25, 0.3) is 11.1 Å². The summed E-state index contributed by atoms with van der Waals surface area (Å²) in [6.45, 7) is 11.3. The van der Waals surface area contributed by atoms with Crippen molar-refractivity contribution in [3.63, 3.8) is 0 Å². The Bertz CT molecular complexity index is 2200. The third-order valence-electron chi connectivity index (χ3n) is 15.6. The highest BCUT2D eigenvalue weighted by Gasteiger charge is 2.69. The molecule has 2 aliphatic heterocycles. The van der Waals surface area contributed by atoms with Crippen LogP contribution < -0.4 is 38.1 Å². The van der Waals surface area contributed by atoms with Crippen molar-refractivity contribution in [3.8, 4) is 11.1 Å². The second kappa shape index (κ2) is 23.9. The molecular formula is C51H75B2N7O10. The van der Waals surface area contributed by atoms with Gasteiger partial charge in [0.15, 0.2) is 0 Å². The van der Waals surface area contributed by atoms with Crippen molar-refractivity contribution in [3.05, 3.63) is 59.7 Å². The normalized spacial score (nSPS) is 24.2. The molecule has 3 aliphatic carbocycles. The van der Waals surface area contributed by atoms with Crippen LogP contribution in [0, 0.1) is 17.3 Å². The van der Waals surface area contributed by atoms with E-state index in [1.165, 1.54) is 19.4 Å². The molecule has 3 saturated carbocycles. The second-order valence-electron chi connectivity index (χ2n) is 20.9. The van der Waals surface area contributed by atoms with Crippen LogP contribution in [-0.2, 0) is 44.5 Å². The molecule has 0 radical (unpaired) electrons. The van der Waals surface area contributed by atoms with Gasteiger partial charge in [0.25, 0.3) is 5.91 Å². The molecule has 10 atom stereocenters. The maximum absolute atomic E-state index is 14.2. The number of aliphatic hydroxyl groups excluding tert-OH is 1. The van der Waals surface area contributed by atoms with Gasteiger partial charge in [0.2, 0.25) is 36.2 Å². The summed E-state index contributed by atoms with van der Waals surface area (Å²) in [6.07, 6.45) is 6.27. The highest BCUT2D eigenvalue weighted by molar-refractivity contribution is 6.98. The Hall–Kier alpha value is -5.10. The average molecular weight is 968 g/mol. The first-order valence-electron chi connectivity index (χ1n) is 25.5. The molecule has 5 fully saturated rings. The molecule has 10 N–H and O–H groups in total. The number of nitrogens with one attached hydrogen (secondary N) is 5. The fraction of sp³-hybridized carbons (Fsp3) is 0.627. The topological polar surface area (TPSA) is 270 Å². The maximum atomic E-state index is 14.2. The zero-order valence-electron chi connectivity index (χ0n) is 41.9. The first kappa shape index (κ1) is 54.2. The lowest BCUT2D eigenvalue weighted by Gasteiger charge is -2.64. The van der Waals surface area contributed by atoms with Crippen LogP contribution in [0.15, 0.2) is 48.5 Å². The van der Waals surface area contributed by atoms with Crippen LogP contribution in [0.2, 0.25) is 12.0 Å². The second-order valence-corrected chi connectivity index (χ2v) is 20.9. The van der Waals surface area contributed by atoms with Gasteiger partial charge in [-0.05, 0) is 124 Å². The third-order valence-corrected chi connectivity index (χ3v) is 15.6. The van der Waals surface area contributed by atoms with E-state index in [9.17, 15) is 38.7 Å². The lowest BCUT2D eigenvalue weighted by molar-refractivity contribution is -0.199. The van der Waals surface area contributed by atoms with Crippen molar-refractivity contribution in [1.82, 2.24) is 26.6 Å². The largest absolute Gasteiger partial charge is 0.453 e. The van der Waals surface area contributed by atoms with E-state index in [0.29, 0.717) is 49.5 Å². The Balaban J connectivity index is 0.996. The highest BCUT2D eigenvalue weighted by Crippen LogP contribution is 2.66. The van der Waals surface area contributed by atoms with Gasteiger partial charge < -0.3 is 57.3 Å². The SMILES string of the molecule is CCCCc1ccc(-c2ccc(C(=O)NCCC(=O)N[C@@H](CCCCN)C(=O)N[C@H](C(=O)N[C@@H](C)C(=O)N[C@@H](CC(N)=O)C(=O)B3CCC[C@H]3B3OC4C[C@@H]5C[C@@H](C5(C)C)[C@]4(C)O3)C(C)O)cc2)cc1. The van der Waals surface area contributed by atoms with Crippen molar-refractivity contribution in [2.45, 2.75) is 173 Å². The predicted octanol–water partition coefficient (Wildman–Crippen LogP) is 3.20. The molecule has 7 rings (SSSR count). The smallest absolute Gasteiger partial charge is 0.406 e. The third kappa shape index (κ3) is 12.9. The summed E-state index contributed by atoms with van der Waals surface area (Å²) in [5.41, 5.74) is 14.0. The van der Waals surface area contributed by atoms with Gasteiger partial charge in [-0.15, -0.1) is 0 Å². The van der Waals surface area contributed by atoms with Crippen LogP contribution in [-0.4, -0.2) is 115 Å². The number of carbonyl (C=O) groups is 7. The molecule has 17 nitrogen and oxygen atoms in total. The molecule has 6 amide bonds. The van der Waals surface area contributed by atoms with E-state index in [1.54, 1.807) is 12.1 Å². The monoisotopic (exact) mass is 968 g/mol. The van der Waals surface area contributed by atoms with E-state index in [2.05, 4.69) is 78.5 Å². The number of aryl methyl sites for hydroxylation is 1. The number of hydrogen-bond acceptors (Lipinski definition) is 11. The summed E-state index contributed by atoms with van der Waals surface area (Å²) in [6, 6.07) is 10.3. The Morgan fingerprint density at radius 2 is 1.53 bits per heavy atom. The molecule has 2 aromatic rings. The summed E-state index contributed by atoms with van der Waals surface area (Å²) in [5, 5.41) is 23.7. The molecule has 2 unspecified atom stereocenters. The van der Waals surface area contributed by atoms with E-state index < -0.39 is 85.7 Å². The van der Waals surface area contributed by atoms with Crippen LogP contribution in [0.4, 0.5) is 0 Å². The van der Waals surface area contributed by atoms with Gasteiger partial charge in [0.1, 0.15) is 23.8 Å². The van der Waals surface area contributed by atoms with Crippen LogP contribution >= 0.6 is 0 Å². The number of nitrogens with two attached hydrogens (primary N) is 2. The minimum Gasteiger partial charge on any atom is -0.406 e. The zero-order valence-corrected chi connectivity index (χ0v) is 41.9. The zero-order chi connectivity index (χ0) is 50.9. The first-order chi connectivity index (χ1) is 33.3. The van der Waals surface area contributed by atoms with Crippen LogP contribution in [0.3, 0.4) is 0 Å². The number of unbranched alkanes of at least 4 members (excludes halogenated alkanes) is 2. The molecule has 380 valence electrons. The molecule has 5 aliphatic rings. The number of aliphatic hydroxyl groups is 1. The number of primary amides is 1. The van der Waals surface area contributed by atoms with Crippen molar-refractivity contribution in [1.29, 1.82) is 0 Å². The lowest BCUT2D eigenvalue weighted by atomic mass is 9.30. The molecule has 2 heterocycles. The van der Waals surface area contributed by atoms with E-state index in [-0.39, 0.29) is 48.2 Å². The molecule has 0 spiro atoms. The summed E-state index contributed by atoms with van der Waals surface area (Å²) in [4.78, 5) is 93.5. The minimum atomic E-state index is -1.55. The highest BCUT2D eigenvalue weighted by atomic mass is 16.7. The van der Waals surface area contributed by atoms with Gasteiger partial charge in [0.05, 0.1) is 30.3 Å². The van der Waals surface area contributed by atoms with E-state index in [1.807, 2.05) is 12.1 Å². The fourth-order valence-electron chi connectivity index (χ4n) is 11.2. The van der Waals surface area contributed by atoms with Gasteiger partial charge in [-0.2, -0.15) is 0 Å². The van der Waals surface area contributed by atoms with Gasteiger partial charge in [-0.25, -0.2) is 0 Å². The first-order valence-corrected chi connectivity index (χ1v) is 25.5. The molecule has 0 aromatic heterocycles. The average Bonchev–Trinajstić information content (AvgIpc) is 3.96.